The van der Waals surface area contributed by atoms with Crippen LogP contribution in [0.15, 0.2) is 23.2 Å². The molecule has 1 N–H and O–H groups in total. The largest absolute Gasteiger partial charge is 0.444 e. The highest BCUT2D eigenvalue weighted by atomic mass is 35.5. The van der Waals surface area contributed by atoms with E-state index >= 15 is 0 Å². The number of nitrogens with one attached hydrogen (secondary N) is 1. The summed E-state index contributed by atoms with van der Waals surface area (Å²) in [4.78, 5) is 29.3. The zero-order valence-electron chi connectivity index (χ0n) is 17.8. The number of fused-ring (bicyclic) bond motifs is 1. The number of hydrogen-bond donors (Lipinski definition) is 1. The number of rotatable bonds is 3. The van der Waals surface area contributed by atoms with Gasteiger partial charge in [-0.1, -0.05) is 23.4 Å². The number of amidine groups is 1. The van der Waals surface area contributed by atoms with Crippen LogP contribution < -0.4 is 10.2 Å². The average molecular weight is 528 g/mol. The molecule has 2 fully saturated rings. The Labute approximate surface area is 197 Å². The number of carbonyl (C=O) groups excluding carboxylic acids is 2. The molecule has 2 amide bonds. The SMILES string of the molecule is CC(C)(C)OC(=O)NCC(=O)N=C1SC2CS(=O)(=O)CC2N1c1cc(C(F)(F)F)ccc1Cl. The minimum atomic E-state index is -4.65. The fourth-order valence-corrected chi connectivity index (χ4v) is 7.46. The van der Waals surface area contributed by atoms with Gasteiger partial charge in [-0.15, -0.1) is 0 Å². The number of carbonyl (C=O) groups is 2. The van der Waals surface area contributed by atoms with Crippen LogP contribution in [-0.2, 0) is 25.5 Å². The number of alkyl carbamates (subject to hydrolysis) is 1. The second kappa shape index (κ2) is 8.99. The number of aliphatic imine (C=N–C) groups is 1. The van der Waals surface area contributed by atoms with Crippen molar-refractivity contribution < 1.29 is 35.9 Å². The number of anilines is 1. The molecule has 0 saturated carbocycles. The molecule has 2 aliphatic heterocycles. The summed E-state index contributed by atoms with van der Waals surface area (Å²) in [7, 11) is -3.43. The molecule has 8 nitrogen and oxygen atoms in total. The zero-order chi connectivity index (χ0) is 24.8. The quantitative estimate of drug-likeness (QED) is 0.641. The molecule has 0 radical (unpaired) electrons. The molecule has 0 aromatic heterocycles. The van der Waals surface area contributed by atoms with E-state index in [1.165, 1.54) is 4.90 Å². The van der Waals surface area contributed by atoms with E-state index in [9.17, 15) is 31.2 Å². The van der Waals surface area contributed by atoms with Gasteiger partial charge in [0.1, 0.15) is 12.1 Å². The maximum Gasteiger partial charge on any atom is 0.416 e. The van der Waals surface area contributed by atoms with E-state index in [0.717, 1.165) is 30.0 Å². The summed E-state index contributed by atoms with van der Waals surface area (Å²) < 4.78 is 69.1. The predicted molar refractivity (Wildman–Crippen MR) is 119 cm³/mol. The highest BCUT2D eigenvalue weighted by molar-refractivity contribution is 8.16. The summed E-state index contributed by atoms with van der Waals surface area (Å²) in [5.41, 5.74) is -1.86. The summed E-state index contributed by atoms with van der Waals surface area (Å²) >= 11 is 7.15. The minimum absolute atomic E-state index is 0.0112. The van der Waals surface area contributed by atoms with Gasteiger partial charge >= 0.3 is 12.3 Å². The Bertz CT molecular complexity index is 1100. The van der Waals surface area contributed by atoms with Crippen LogP contribution in [0.5, 0.6) is 0 Å². The maximum absolute atomic E-state index is 13.3. The number of thioether (sulfide) groups is 1. The first-order valence-corrected chi connectivity index (χ1v) is 12.7. The van der Waals surface area contributed by atoms with Gasteiger partial charge in [0.25, 0.3) is 5.91 Å². The number of ether oxygens (including phenoxy) is 1. The van der Waals surface area contributed by atoms with Gasteiger partial charge in [0.15, 0.2) is 15.0 Å². The number of amides is 2. The van der Waals surface area contributed by atoms with Crippen LogP contribution >= 0.6 is 23.4 Å². The van der Waals surface area contributed by atoms with Gasteiger partial charge in [-0.2, -0.15) is 18.2 Å². The van der Waals surface area contributed by atoms with Crippen molar-refractivity contribution in [2.45, 2.75) is 43.8 Å². The van der Waals surface area contributed by atoms with E-state index in [4.69, 9.17) is 16.3 Å². The van der Waals surface area contributed by atoms with Crippen molar-refractivity contribution in [3.8, 4) is 0 Å². The van der Waals surface area contributed by atoms with Crippen molar-refractivity contribution in [1.29, 1.82) is 0 Å². The van der Waals surface area contributed by atoms with E-state index in [1.807, 2.05) is 0 Å². The van der Waals surface area contributed by atoms with Crippen molar-refractivity contribution in [3.63, 3.8) is 0 Å². The molecular weight excluding hydrogens is 507 g/mol. The van der Waals surface area contributed by atoms with Crippen molar-refractivity contribution >= 4 is 56.1 Å². The van der Waals surface area contributed by atoms with Crippen LogP contribution in [0.4, 0.5) is 23.7 Å². The first-order valence-electron chi connectivity index (χ1n) is 9.67. The third-order valence-corrected chi connectivity index (χ3v) is 8.13. The summed E-state index contributed by atoms with van der Waals surface area (Å²) in [6.45, 7) is 4.42. The molecule has 2 atom stereocenters. The van der Waals surface area contributed by atoms with Crippen LogP contribution in [0.2, 0.25) is 5.02 Å². The fraction of sp³-hybridized carbons (Fsp3) is 0.526. The molecule has 0 aliphatic carbocycles. The Morgan fingerprint density at radius 1 is 1.27 bits per heavy atom. The second-order valence-electron chi connectivity index (χ2n) is 8.48. The summed E-state index contributed by atoms with van der Waals surface area (Å²) in [6, 6.07) is 1.93. The van der Waals surface area contributed by atoms with Crippen LogP contribution in [0.1, 0.15) is 26.3 Å². The summed E-state index contributed by atoms with van der Waals surface area (Å²) in [5, 5.41) is 1.68. The lowest BCUT2D eigenvalue weighted by atomic mass is 10.1. The molecular formula is C19H21ClF3N3O5S2. The molecule has 33 heavy (non-hydrogen) atoms. The number of alkyl halides is 3. The number of sulfone groups is 1. The lowest BCUT2D eigenvalue weighted by molar-refractivity contribution is -0.137. The monoisotopic (exact) mass is 527 g/mol. The molecule has 2 heterocycles. The number of hydrogen-bond acceptors (Lipinski definition) is 6. The van der Waals surface area contributed by atoms with E-state index in [2.05, 4.69) is 10.3 Å². The topological polar surface area (TPSA) is 105 Å². The summed E-state index contributed by atoms with van der Waals surface area (Å²) in [6.07, 6.45) is -5.49. The molecule has 14 heteroatoms. The van der Waals surface area contributed by atoms with Crippen molar-refractivity contribution in [1.82, 2.24) is 5.32 Å². The van der Waals surface area contributed by atoms with Gasteiger partial charge in [-0.3, -0.25) is 4.79 Å². The van der Waals surface area contributed by atoms with Gasteiger partial charge in [0, 0.05) is 5.25 Å². The normalized spacial score (nSPS) is 23.5. The van der Waals surface area contributed by atoms with E-state index < -0.39 is 57.0 Å². The van der Waals surface area contributed by atoms with Crippen LogP contribution in [0.3, 0.4) is 0 Å². The van der Waals surface area contributed by atoms with Crippen LogP contribution in [-0.4, -0.2) is 60.5 Å². The molecule has 1 aromatic carbocycles. The van der Waals surface area contributed by atoms with Crippen molar-refractivity contribution in [2.24, 2.45) is 4.99 Å². The lowest BCUT2D eigenvalue weighted by Crippen LogP contribution is -2.39. The highest BCUT2D eigenvalue weighted by Gasteiger charge is 2.50. The third-order valence-electron chi connectivity index (χ3n) is 4.60. The van der Waals surface area contributed by atoms with Gasteiger partial charge in [-0.05, 0) is 39.0 Å². The Kier molecular flexibility index (Phi) is 6.98. The van der Waals surface area contributed by atoms with Crippen LogP contribution in [0.25, 0.3) is 0 Å². The highest BCUT2D eigenvalue weighted by Crippen LogP contribution is 2.44. The number of halogens is 4. The van der Waals surface area contributed by atoms with Crippen molar-refractivity contribution in [2.75, 3.05) is 23.0 Å². The van der Waals surface area contributed by atoms with Crippen molar-refractivity contribution in [3.05, 3.63) is 28.8 Å². The molecule has 2 saturated heterocycles. The Morgan fingerprint density at radius 3 is 2.55 bits per heavy atom. The minimum Gasteiger partial charge on any atom is -0.444 e. The van der Waals surface area contributed by atoms with E-state index in [0.29, 0.717) is 0 Å². The first kappa shape index (κ1) is 25.6. The molecule has 1 aromatic rings. The molecule has 0 spiro atoms. The Balaban J connectivity index is 1.90. The Hall–Kier alpha value is -1.99. The Morgan fingerprint density at radius 2 is 1.94 bits per heavy atom. The number of benzene rings is 1. The molecule has 182 valence electrons. The lowest BCUT2D eigenvalue weighted by Gasteiger charge is -2.26. The molecule has 0 bridgehead atoms. The standard InChI is InChI=1S/C19H21ClF3N3O5S2/c1-18(2,3)31-17(28)24-7-15(27)25-16-26(13-8-33(29,30)9-14(13)32-16)12-6-10(19(21,22)23)4-5-11(12)20/h4-6,13-14H,7-9H2,1-3H3,(H,24,28). The van der Waals surface area contributed by atoms with Gasteiger partial charge < -0.3 is 15.0 Å². The van der Waals surface area contributed by atoms with Gasteiger partial charge in [0.2, 0.25) is 0 Å². The fourth-order valence-electron chi connectivity index (χ4n) is 3.33. The molecule has 3 rings (SSSR count). The maximum atomic E-state index is 13.3. The average Bonchev–Trinajstić information content (AvgIpc) is 3.09. The zero-order valence-corrected chi connectivity index (χ0v) is 20.2. The van der Waals surface area contributed by atoms with Gasteiger partial charge in [-0.25, -0.2) is 13.2 Å². The molecule has 2 aliphatic rings. The van der Waals surface area contributed by atoms with E-state index in [-0.39, 0.29) is 27.4 Å². The van der Waals surface area contributed by atoms with Crippen LogP contribution in [0, 0.1) is 0 Å². The smallest absolute Gasteiger partial charge is 0.416 e. The number of nitrogens with zero attached hydrogens (tertiary/aromatic N) is 2. The molecule has 2 unspecified atom stereocenters. The first-order chi connectivity index (χ1) is 15.1. The third kappa shape index (κ3) is 6.33. The second-order valence-corrected chi connectivity index (χ2v) is 12.2. The predicted octanol–water partition coefficient (Wildman–Crippen LogP) is 3.48. The van der Waals surface area contributed by atoms with E-state index in [1.54, 1.807) is 20.8 Å². The van der Waals surface area contributed by atoms with Gasteiger partial charge in [0.05, 0.1) is 33.8 Å². The summed E-state index contributed by atoms with van der Waals surface area (Å²) in [5.74, 6) is -1.32.